The Hall–Kier alpha value is -1.79. The van der Waals surface area contributed by atoms with Crippen LogP contribution >= 0.6 is 0 Å². The highest BCUT2D eigenvalue weighted by Gasteiger charge is 2.34. The molecular formula is C14H22N2O5. The molecule has 2 heterocycles. The fourth-order valence-electron chi connectivity index (χ4n) is 3.13. The number of urea groups is 1. The zero-order valence-electron chi connectivity index (χ0n) is 12.3. The molecule has 0 saturated carbocycles. The van der Waals surface area contributed by atoms with Crippen molar-refractivity contribution in [1.29, 1.82) is 0 Å². The monoisotopic (exact) mass is 298 g/mol. The van der Waals surface area contributed by atoms with E-state index in [0.29, 0.717) is 26.2 Å². The molecule has 0 aliphatic carbocycles. The van der Waals surface area contributed by atoms with E-state index in [9.17, 15) is 14.4 Å². The summed E-state index contributed by atoms with van der Waals surface area (Å²) in [5.41, 5.74) is 0. The van der Waals surface area contributed by atoms with E-state index in [4.69, 9.17) is 9.84 Å². The molecule has 1 N–H and O–H groups in total. The number of likely N-dealkylation sites (tertiary alicyclic amines) is 2. The minimum Gasteiger partial charge on any atom is -0.481 e. The van der Waals surface area contributed by atoms with Gasteiger partial charge in [-0.15, -0.1) is 0 Å². The highest BCUT2D eigenvalue weighted by atomic mass is 16.5. The van der Waals surface area contributed by atoms with Crippen LogP contribution in [0.3, 0.4) is 0 Å². The van der Waals surface area contributed by atoms with E-state index >= 15 is 0 Å². The Balaban J connectivity index is 1.88. The van der Waals surface area contributed by atoms with Crippen LogP contribution in [-0.2, 0) is 14.3 Å². The van der Waals surface area contributed by atoms with Crippen molar-refractivity contribution >= 4 is 18.0 Å². The number of carboxylic acid groups (broad SMARTS) is 1. The predicted octanol–water partition coefficient (Wildman–Crippen LogP) is 0.788. The molecule has 2 aliphatic heterocycles. The number of ether oxygens (including phenoxy) is 1. The lowest BCUT2D eigenvalue weighted by molar-refractivity contribution is -0.147. The van der Waals surface area contributed by atoms with Gasteiger partial charge in [0.1, 0.15) is 0 Å². The molecule has 2 unspecified atom stereocenters. The van der Waals surface area contributed by atoms with Crippen molar-refractivity contribution in [2.45, 2.75) is 25.7 Å². The molecule has 7 nitrogen and oxygen atoms in total. The molecule has 0 radical (unpaired) electrons. The average molecular weight is 298 g/mol. The zero-order valence-corrected chi connectivity index (χ0v) is 12.3. The van der Waals surface area contributed by atoms with Crippen molar-refractivity contribution in [2.24, 2.45) is 11.8 Å². The summed E-state index contributed by atoms with van der Waals surface area (Å²) in [7, 11) is 1.36. The summed E-state index contributed by atoms with van der Waals surface area (Å²) in [4.78, 5) is 38.1. The van der Waals surface area contributed by atoms with Gasteiger partial charge < -0.3 is 19.6 Å². The van der Waals surface area contributed by atoms with Crippen LogP contribution in [0.5, 0.6) is 0 Å². The first-order valence-corrected chi connectivity index (χ1v) is 7.34. The van der Waals surface area contributed by atoms with E-state index in [1.807, 2.05) is 0 Å². The third-order valence-corrected chi connectivity index (χ3v) is 4.25. The van der Waals surface area contributed by atoms with Gasteiger partial charge in [-0.3, -0.25) is 9.59 Å². The molecule has 0 aromatic rings. The molecule has 0 spiro atoms. The molecule has 0 aromatic heterocycles. The Morgan fingerprint density at radius 3 is 2.52 bits per heavy atom. The number of carbonyl (C=O) groups excluding carboxylic acids is 2. The fourth-order valence-corrected chi connectivity index (χ4v) is 3.13. The highest BCUT2D eigenvalue weighted by Crippen LogP contribution is 2.24. The minimum absolute atomic E-state index is 0.0349. The maximum Gasteiger partial charge on any atom is 0.320 e. The number of hydrogen-bond donors (Lipinski definition) is 1. The number of nitrogens with zero attached hydrogens (tertiary/aromatic N) is 2. The van der Waals surface area contributed by atoms with Gasteiger partial charge in [0.15, 0.2) is 0 Å². The average Bonchev–Trinajstić information content (AvgIpc) is 2.93. The number of aliphatic carboxylic acids is 1. The summed E-state index contributed by atoms with van der Waals surface area (Å²) >= 11 is 0. The summed E-state index contributed by atoms with van der Waals surface area (Å²) < 4.78 is 4.75. The van der Waals surface area contributed by atoms with Crippen LogP contribution < -0.4 is 0 Å². The van der Waals surface area contributed by atoms with Crippen LogP contribution in [0.2, 0.25) is 0 Å². The fraction of sp³-hybridized carbons (Fsp3) is 0.786. The number of amides is 2. The zero-order chi connectivity index (χ0) is 15.4. The second kappa shape index (κ2) is 6.78. The summed E-state index contributed by atoms with van der Waals surface area (Å²) in [5, 5.41) is 8.81. The van der Waals surface area contributed by atoms with Gasteiger partial charge in [-0.1, -0.05) is 0 Å². The van der Waals surface area contributed by atoms with Crippen molar-refractivity contribution < 1.29 is 24.2 Å². The topological polar surface area (TPSA) is 87.2 Å². The number of methoxy groups -OCH3 is 1. The van der Waals surface area contributed by atoms with Crippen molar-refractivity contribution in [1.82, 2.24) is 9.80 Å². The summed E-state index contributed by atoms with van der Waals surface area (Å²) in [6.45, 7) is 2.12. The lowest BCUT2D eigenvalue weighted by Crippen LogP contribution is -2.48. The van der Waals surface area contributed by atoms with Gasteiger partial charge in [0.05, 0.1) is 13.0 Å². The number of rotatable bonds is 3. The molecule has 7 heteroatoms. The molecule has 0 bridgehead atoms. The number of esters is 1. The van der Waals surface area contributed by atoms with E-state index < -0.39 is 5.97 Å². The molecule has 21 heavy (non-hydrogen) atoms. The van der Waals surface area contributed by atoms with E-state index in [2.05, 4.69) is 0 Å². The predicted molar refractivity (Wildman–Crippen MR) is 73.6 cm³/mol. The molecule has 2 saturated heterocycles. The van der Waals surface area contributed by atoms with Crippen LogP contribution in [0.4, 0.5) is 4.79 Å². The normalized spacial score (nSPS) is 25.8. The standard InChI is InChI=1S/C14H22N2O5/c1-21-13(19)11-3-2-5-15(9-11)14(20)16-6-4-10(8-16)7-12(17)18/h10-11H,2-9H2,1H3,(H,17,18). The van der Waals surface area contributed by atoms with Gasteiger partial charge in [0.25, 0.3) is 0 Å². The van der Waals surface area contributed by atoms with Gasteiger partial charge in [0, 0.05) is 32.6 Å². The van der Waals surface area contributed by atoms with E-state index in [1.54, 1.807) is 9.80 Å². The van der Waals surface area contributed by atoms with Crippen LogP contribution in [-0.4, -0.2) is 66.2 Å². The second-order valence-corrected chi connectivity index (χ2v) is 5.79. The van der Waals surface area contributed by atoms with E-state index in [0.717, 1.165) is 19.3 Å². The maximum atomic E-state index is 12.4. The lowest BCUT2D eigenvalue weighted by atomic mass is 9.98. The molecule has 2 aliphatic rings. The maximum absolute atomic E-state index is 12.4. The van der Waals surface area contributed by atoms with Crippen molar-refractivity contribution in [3.63, 3.8) is 0 Å². The molecule has 2 fully saturated rings. The number of carboxylic acids is 1. The number of piperidine rings is 1. The Morgan fingerprint density at radius 1 is 1.14 bits per heavy atom. The quantitative estimate of drug-likeness (QED) is 0.778. The van der Waals surface area contributed by atoms with E-state index in [-0.39, 0.29) is 30.3 Å². The first-order chi connectivity index (χ1) is 10.0. The summed E-state index contributed by atoms with van der Waals surface area (Å²) in [6.07, 6.45) is 2.37. The molecule has 2 rings (SSSR count). The Bertz CT molecular complexity index is 426. The Kier molecular flexibility index (Phi) is 5.03. The van der Waals surface area contributed by atoms with Gasteiger partial charge in [-0.25, -0.2) is 4.79 Å². The Labute approximate surface area is 123 Å². The smallest absolute Gasteiger partial charge is 0.320 e. The molecule has 2 atom stereocenters. The first-order valence-electron chi connectivity index (χ1n) is 7.34. The van der Waals surface area contributed by atoms with Gasteiger partial charge >= 0.3 is 18.0 Å². The Morgan fingerprint density at radius 2 is 1.86 bits per heavy atom. The van der Waals surface area contributed by atoms with Gasteiger partial charge in [0.2, 0.25) is 0 Å². The molecule has 2 amide bonds. The summed E-state index contributed by atoms with van der Waals surface area (Å²) in [5.74, 6) is -1.30. The highest BCUT2D eigenvalue weighted by molar-refractivity contribution is 5.77. The SMILES string of the molecule is COC(=O)C1CCCN(C(=O)N2CCC(CC(=O)O)C2)C1. The third-order valence-electron chi connectivity index (χ3n) is 4.25. The first kappa shape index (κ1) is 15.6. The summed E-state index contributed by atoms with van der Waals surface area (Å²) in [6, 6.07) is -0.0866. The third kappa shape index (κ3) is 3.86. The molecule has 118 valence electrons. The molecular weight excluding hydrogens is 276 g/mol. The van der Waals surface area contributed by atoms with Crippen molar-refractivity contribution in [3.8, 4) is 0 Å². The number of carbonyl (C=O) groups is 3. The van der Waals surface area contributed by atoms with Crippen molar-refractivity contribution in [2.75, 3.05) is 33.3 Å². The number of hydrogen-bond acceptors (Lipinski definition) is 4. The second-order valence-electron chi connectivity index (χ2n) is 5.79. The van der Waals surface area contributed by atoms with Gasteiger partial charge in [-0.2, -0.15) is 0 Å². The van der Waals surface area contributed by atoms with Crippen LogP contribution in [0.15, 0.2) is 0 Å². The minimum atomic E-state index is -0.821. The van der Waals surface area contributed by atoms with Crippen LogP contribution in [0, 0.1) is 11.8 Å². The van der Waals surface area contributed by atoms with Crippen molar-refractivity contribution in [3.05, 3.63) is 0 Å². The van der Waals surface area contributed by atoms with Crippen LogP contribution in [0.25, 0.3) is 0 Å². The molecule has 0 aromatic carbocycles. The van der Waals surface area contributed by atoms with Crippen LogP contribution in [0.1, 0.15) is 25.7 Å². The largest absolute Gasteiger partial charge is 0.481 e. The van der Waals surface area contributed by atoms with E-state index in [1.165, 1.54) is 7.11 Å². The van der Waals surface area contributed by atoms with Gasteiger partial charge in [-0.05, 0) is 25.2 Å². The lowest BCUT2D eigenvalue weighted by Gasteiger charge is -2.34.